The highest BCUT2D eigenvalue weighted by Crippen LogP contribution is 2.19. The van der Waals surface area contributed by atoms with Gasteiger partial charge in [0.2, 0.25) is 5.91 Å². The Morgan fingerprint density at radius 3 is 2.50 bits per heavy atom. The average Bonchev–Trinajstić information content (AvgIpc) is 2.25. The van der Waals surface area contributed by atoms with Crippen molar-refractivity contribution in [1.29, 1.82) is 0 Å². The van der Waals surface area contributed by atoms with Crippen LogP contribution in [0.2, 0.25) is 0 Å². The zero-order valence-corrected chi connectivity index (χ0v) is 12.3. The molecule has 0 aliphatic carbocycles. The van der Waals surface area contributed by atoms with Crippen LogP contribution in [0.4, 0.5) is 0 Å². The molecule has 18 heavy (non-hydrogen) atoms. The zero-order valence-electron chi connectivity index (χ0n) is 9.92. The van der Waals surface area contributed by atoms with Gasteiger partial charge in [-0.25, -0.2) is 0 Å². The Hall–Kier alpha value is -0.960. The Kier molecular flexibility index (Phi) is 4.85. The van der Waals surface area contributed by atoms with Crippen LogP contribution in [0.25, 0.3) is 0 Å². The molecule has 0 radical (unpaired) electrons. The molecular formula is C10H14BrN3O3S. The predicted octanol–water partition coefficient (Wildman–Crippen LogP) is 0.372. The quantitative estimate of drug-likeness (QED) is 0.814. The maximum Gasteiger partial charge on any atom is 0.279 e. The molecule has 0 aliphatic rings. The van der Waals surface area contributed by atoms with Gasteiger partial charge in [0, 0.05) is 18.6 Å². The van der Waals surface area contributed by atoms with E-state index in [0.29, 0.717) is 5.56 Å². The summed E-state index contributed by atoms with van der Waals surface area (Å²) in [5.74, 6) is -0.765. The van der Waals surface area contributed by atoms with Crippen molar-refractivity contribution in [2.45, 2.75) is 6.04 Å². The van der Waals surface area contributed by atoms with E-state index in [1.165, 1.54) is 14.1 Å². The number of nitrogens with zero attached hydrogens (tertiary/aromatic N) is 1. The molecule has 1 rings (SSSR count). The molecule has 0 aromatic heterocycles. The Labute approximate surface area is 114 Å². The second-order valence-corrected chi connectivity index (χ2v) is 6.63. The first kappa shape index (κ1) is 15.1. The third-order valence-electron chi connectivity index (χ3n) is 2.21. The summed E-state index contributed by atoms with van der Waals surface area (Å²) in [6, 6.07) is 5.61. The Morgan fingerprint density at radius 1 is 1.44 bits per heavy atom. The number of rotatable bonds is 5. The monoisotopic (exact) mass is 335 g/mol. The molecule has 8 heteroatoms. The Morgan fingerprint density at radius 2 is 2.06 bits per heavy atom. The van der Waals surface area contributed by atoms with Gasteiger partial charge in [-0.05, 0) is 17.7 Å². The number of carbonyl (C=O) groups excluding carboxylic acids is 1. The molecule has 3 N–H and O–H groups in total. The highest BCUT2D eigenvalue weighted by Gasteiger charge is 2.25. The van der Waals surface area contributed by atoms with Crippen LogP contribution in [0.1, 0.15) is 11.6 Å². The smallest absolute Gasteiger partial charge is 0.279 e. The minimum absolute atomic E-state index is 0.474. The third-order valence-corrected chi connectivity index (χ3v) is 4.20. The molecule has 0 saturated heterocycles. The lowest BCUT2D eigenvalue weighted by Crippen LogP contribution is -2.43. The Balaban J connectivity index is 3.09. The summed E-state index contributed by atoms with van der Waals surface area (Å²) in [5, 5.41) is 0. The van der Waals surface area contributed by atoms with Gasteiger partial charge in [-0.3, -0.25) is 4.79 Å². The molecule has 1 atom stereocenters. The van der Waals surface area contributed by atoms with Crippen molar-refractivity contribution in [2.24, 2.45) is 5.73 Å². The van der Waals surface area contributed by atoms with Crippen molar-refractivity contribution in [1.82, 2.24) is 9.03 Å². The van der Waals surface area contributed by atoms with Gasteiger partial charge in [0.15, 0.2) is 0 Å². The molecule has 1 amide bonds. The summed E-state index contributed by atoms with van der Waals surface area (Å²) in [7, 11) is -1.01. The van der Waals surface area contributed by atoms with Crippen LogP contribution in [-0.4, -0.2) is 32.7 Å². The summed E-state index contributed by atoms with van der Waals surface area (Å²) in [6.07, 6.45) is 0. The van der Waals surface area contributed by atoms with Crippen molar-refractivity contribution in [3.63, 3.8) is 0 Å². The van der Waals surface area contributed by atoms with Crippen LogP contribution >= 0.6 is 15.9 Å². The molecule has 100 valence electrons. The Bertz CT molecular complexity index is 545. The maximum atomic E-state index is 11.7. The van der Waals surface area contributed by atoms with E-state index in [0.717, 1.165) is 8.78 Å². The van der Waals surface area contributed by atoms with Crippen LogP contribution in [0.3, 0.4) is 0 Å². The summed E-state index contributed by atoms with van der Waals surface area (Å²) in [6.45, 7) is 0. The van der Waals surface area contributed by atoms with E-state index in [1.807, 2.05) is 0 Å². The lowest BCUT2D eigenvalue weighted by Gasteiger charge is -2.19. The number of benzene rings is 1. The molecule has 0 aliphatic heterocycles. The van der Waals surface area contributed by atoms with E-state index in [2.05, 4.69) is 20.7 Å². The summed E-state index contributed by atoms with van der Waals surface area (Å²) in [5.41, 5.74) is 5.70. The first-order valence-corrected chi connectivity index (χ1v) is 7.22. The van der Waals surface area contributed by atoms with Gasteiger partial charge in [0.1, 0.15) is 6.04 Å². The van der Waals surface area contributed by atoms with Crippen LogP contribution < -0.4 is 10.5 Å². The fourth-order valence-electron chi connectivity index (χ4n) is 1.23. The zero-order chi connectivity index (χ0) is 13.9. The second-order valence-electron chi connectivity index (χ2n) is 3.80. The highest BCUT2D eigenvalue weighted by molar-refractivity contribution is 9.10. The van der Waals surface area contributed by atoms with Gasteiger partial charge in [0.05, 0.1) is 0 Å². The standard InChI is InChI=1S/C10H14BrN3O3S/c1-14(2)18(16,17)13-9(10(12)15)7-4-3-5-8(11)6-7/h3-6,9,13H,1-2H3,(H2,12,15). The molecule has 0 bridgehead atoms. The second kappa shape index (κ2) is 5.79. The lowest BCUT2D eigenvalue weighted by atomic mass is 10.1. The number of halogens is 1. The van der Waals surface area contributed by atoms with E-state index >= 15 is 0 Å². The van der Waals surface area contributed by atoms with Crippen LogP contribution in [-0.2, 0) is 15.0 Å². The summed E-state index contributed by atoms with van der Waals surface area (Å²) >= 11 is 3.25. The number of primary amides is 1. The van der Waals surface area contributed by atoms with Crippen LogP contribution in [0.15, 0.2) is 28.7 Å². The minimum Gasteiger partial charge on any atom is -0.368 e. The van der Waals surface area contributed by atoms with Gasteiger partial charge in [-0.15, -0.1) is 0 Å². The SMILES string of the molecule is CN(C)S(=O)(=O)NC(C(N)=O)c1cccc(Br)c1. The van der Waals surface area contributed by atoms with Gasteiger partial charge >= 0.3 is 0 Å². The molecule has 1 aromatic carbocycles. The third kappa shape index (κ3) is 3.77. The number of hydrogen-bond acceptors (Lipinski definition) is 3. The predicted molar refractivity (Wildman–Crippen MR) is 71.8 cm³/mol. The van der Waals surface area contributed by atoms with Gasteiger partial charge in [-0.2, -0.15) is 17.4 Å². The largest absolute Gasteiger partial charge is 0.368 e. The van der Waals surface area contributed by atoms with Crippen molar-refractivity contribution >= 4 is 32.0 Å². The molecule has 0 saturated carbocycles. The molecule has 6 nitrogen and oxygen atoms in total. The first-order chi connectivity index (χ1) is 8.24. The summed E-state index contributed by atoms with van der Waals surface area (Å²) < 4.78 is 27.3. The van der Waals surface area contributed by atoms with Gasteiger partial charge in [0.25, 0.3) is 10.2 Å². The lowest BCUT2D eigenvalue weighted by molar-refractivity contribution is -0.119. The van der Waals surface area contributed by atoms with Crippen molar-refractivity contribution in [3.05, 3.63) is 34.3 Å². The number of nitrogens with one attached hydrogen (secondary N) is 1. The van der Waals surface area contributed by atoms with E-state index in [9.17, 15) is 13.2 Å². The molecule has 0 fully saturated rings. The maximum absolute atomic E-state index is 11.7. The molecule has 0 spiro atoms. The number of hydrogen-bond donors (Lipinski definition) is 2. The highest BCUT2D eigenvalue weighted by atomic mass is 79.9. The molecular weight excluding hydrogens is 322 g/mol. The number of nitrogens with two attached hydrogens (primary N) is 1. The molecule has 1 unspecified atom stereocenters. The molecule has 1 aromatic rings. The molecule has 0 heterocycles. The van der Waals surface area contributed by atoms with Crippen LogP contribution in [0, 0.1) is 0 Å². The fourth-order valence-corrected chi connectivity index (χ4v) is 2.41. The van der Waals surface area contributed by atoms with Gasteiger partial charge < -0.3 is 5.73 Å². The first-order valence-electron chi connectivity index (χ1n) is 4.98. The van der Waals surface area contributed by atoms with Crippen molar-refractivity contribution in [3.8, 4) is 0 Å². The fraction of sp³-hybridized carbons (Fsp3) is 0.300. The van der Waals surface area contributed by atoms with Crippen molar-refractivity contribution in [2.75, 3.05) is 14.1 Å². The van der Waals surface area contributed by atoms with E-state index < -0.39 is 22.2 Å². The van der Waals surface area contributed by atoms with Crippen molar-refractivity contribution < 1.29 is 13.2 Å². The normalized spacial score (nSPS) is 13.6. The number of carbonyl (C=O) groups is 1. The van der Waals surface area contributed by atoms with Gasteiger partial charge in [-0.1, -0.05) is 28.1 Å². The minimum atomic E-state index is -3.74. The average molecular weight is 336 g/mol. The van der Waals surface area contributed by atoms with Crippen LogP contribution in [0.5, 0.6) is 0 Å². The topological polar surface area (TPSA) is 92.5 Å². The number of amides is 1. The van der Waals surface area contributed by atoms with E-state index in [-0.39, 0.29) is 0 Å². The van der Waals surface area contributed by atoms with E-state index in [1.54, 1.807) is 24.3 Å². The van der Waals surface area contributed by atoms with E-state index in [4.69, 9.17) is 5.73 Å². The summed E-state index contributed by atoms with van der Waals surface area (Å²) in [4.78, 5) is 11.4.